The van der Waals surface area contributed by atoms with E-state index in [-0.39, 0.29) is 19.0 Å². The molecule has 2 aromatic heterocycles. The number of imidazole rings is 1. The van der Waals surface area contributed by atoms with E-state index in [1.807, 2.05) is 36.1 Å². The van der Waals surface area contributed by atoms with Crippen LogP contribution in [0.15, 0.2) is 49.1 Å². The van der Waals surface area contributed by atoms with E-state index in [1.165, 1.54) is 0 Å². The van der Waals surface area contributed by atoms with E-state index >= 15 is 0 Å². The summed E-state index contributed by atoms with van der Waals surface area (Å²) in [7, 11) is -1.67. The number of ether oxygens (including phenoxy) is 1. The van der Waals surface area contributed by atoms with Crippen molar-refractivity contribution in [2.24, 2.45) is 0 Å². The lowest BCUT2D eigenvalue weighted by Crippen LogP contribution is -2.40. The molecule has 3 aromatic rings. The molecule has 0 aliphatic carbocycles. The summed E-state index contributed by atoms with van der Waals surface area (Å²) in [6.45, 7) is 3.09. The van der Waals surface area contributed by atoms with Crippen molar-refractivity contribution in [2.45, 2.75) is 19.8 Å². The van der Waals surface area contributed by atoms with Gasteiger partial charge >= 0.3 is 0 Å². The van der Waals surface area contributed by atoms with Crippen LogP contribution in [0.4, 0.5) is 5.82 Å². The van der Waals surface area contributed by atoms with Crippen molar-refractivity contribution in [2.75, 3.05) is 44.4 Å². The van der Waals surface area contributed by atoms with Crippen molar-refractivity contribution in [3.05, 3.63) is 60.3 Å². The molecule has 0 saturated carbocycles. The molecule has 0 spiro atoms. The summed E-state index contributed by atoms with van der Waals surface area (Å²) >= 11 is 0. The number of hydrogen-bond donors (Lipinski definition) is 2. The van der Waals surface area contributed by atoms with Gasteiger partial charge in [-0.2, -0.15) is 4.98 Å². The number of nitrogens with zero attached hydrogens (tertiary/aromatic N) is 5. The second kappa shape index (κ2) is 12.3. The SMILES string of the molecule is COc1ccc(CCNC(=O)CN(CCCNS(C)(=O)=O)c2cc(C)nc(-n3ccnc3)n2)cc1. The molecule has 35 heavy (non-hydrogen) atoms. The molecule has 0 unspecified atom stereocenters. The van der Waals surface area contributed by atoms with E-state index in [0.29, 0.717) is 37.7 Å². The lowest BCUT2D eigenvalue weighted by atomic mass is 10.1. The van der Waals surface area contributed by atoms with E-state index in [0.717, 1.165) is 23.3 Å². The van der Waals surface area contributed by atoms with Crippen LogP contribution in [0, 0.1) is 6.92 Å². The Hall–Kier alpha value is -3.51. The number of hydrogen-bond acceptors (Lipinski definition) is 8. The van der Waals surface area contributed by atoms with Gasteiger partial charge in [0.2, 0.25) is 21.9 Å². The highest BCUT2D eigenvalue weighted by atomic mass is 32.2. The van der Waals surface area contributed by atoms with Crippen LogP contribution in [0.2, 0.25) is 0 Å². The number of benzene rings is 1. The lowest BCUT2D eigenvalue weighted by Gasteiger charge is -2.24. The zero-order valence-corrected chi connectivity index (χ0v) is 21.0. The molecule has 1 amide bonds. The highest BCUT2D eigenvalue weighted by Gasteiger charge is 2.16. The number of nitrogens with one attached hydrogen (secondary N) is 2. The number of carbonyl (C=O) groups is 1. The van der Waals surface area contributed by atoms with Gasteiger partial charge in [-0.15, -0.1) is 0 Å². The largest absolute Gasteiger partial charge is 0.497 e. The fraction of sp³-hybridized carbons (Fsp3) is 0.391. The van der Waals surface area contributed by atoms with Gasteiger partial charge in [0.15, 0.2) is 0 Å². The molecule has 0 fully saturated rings. The second-order valence-corrected chi connectivity index (χ2v) is 9.86. The minimum absolute atomic E-state index is 0.0707. The summed E-state index contributed by atoms with van der Waals surface area (Å²) in [6, 6.07) is 9.51. The number of rotatable bonds is 13. The quantitative estimate of drug-likeness (QED) is 0.333. The van der Waals surface area contributed by atoms with Gasteiger partial charge in [0.25, 0.3) is 0 Å². The molecule has 0 aliphatic rings. The molecular weight excluding hydrogens is 470 g/mol. The monoisotopic (exact) mass is 501 g/mol. The van der Waals surface area contributed by atoms with Gasteiger partial charge in [0.1, 0.15) is 17.9 Å². The van der Waals surface area contributed by atoms with Crippen molar-refractivity contribution < 1.29 is 17.9 Å². The Kier molecular flexibility index (Phi) is 9.15. The first-order valence-corrected chi connectivity index (χ1v) is 13.1. The summed E-state index contributed by atoms with van der Waals surface area (Å²) in [4.78, 5) is 27.7. The molecule has 0 bridgehead atoms. The first kappa shape index (κ1) is 26.1. The van der Waals surface area contributed by atoms with Crippen molar-refractivity contribution in [3.8, 4) is 11.7 Å². The Morgan fingerprint density at radius 1 is 1.17 bits per heavy atom. The van der Waals surface area contributed by atoms with Crippen LogP contribution in [-0.2, 0) is 21.2 Å². The molecule has 0 aliphatic heterocycles. The number of aromatic nitrogens is 4. The average molecular weight is 502 g/mol. The first-order chi connectivity index (χ1) is 16.7. The number of sulfonamides is 1. The van der Waals surface area contributed by atoms with Crippen LogP contribution in [-0.4, -0.2) is 73.4 Å². The zero-order valence-electron chi connectivity index (χ0n) is 20.1. The third-order valence-corrected chi connectivity index (χ3v) is 5.82. The Bertz CT molecular complexity index is 1200. The normalized spacial score (nSPS) is 11.3. The number of carbonyl (C=O) groups excluding carboxylic acids is 1. The first-order valence-electron chi connectivity index (χ1n) is 11.2. The molecular formula is C23H31N7O4S. The number of anilines is 1. The summed E-state index contributed by atoms with van der Waals surface area (Å²) < 4.78 is 32.1. The average Bonchev–Trinajstić information content (AvgIpc) is 3.35. The van der Waals surface area contributed by atoms with Crippen LogP contribution in [0.1, 0.15) is 17.7 Å². The minimum atomic E-state index is -3.29. The Morgan fingerprint density at radius 3 is 2.60 bits per heavy atom. The maximum absolute atomic E-state index is 12.8. The predicted molar refractivity (Wildman–Crippen MR) is 133 cm³/mol. The van der Waals surface area contributed by atoms with E-state index in [1.54, 1.807) is 36.5 Å². The summed E-state index contributed by atoms with van der Waals surface area (Å²) in [5.41, 5.74) is 1.82. The van der Waals surface area contributed by atoms with Crippen molar-refractivity contribution >= 4 is 21.7 Å². The lowest BCUT2D eigenvalue weighted by molar-refractivity contribution is -0.119. The van der Waals surface area contributed by atoms with Gasteiger partial charge in [0, 0.05) is 43.8 Å². The number of amides is 1. The second-order valence-electron chi connectivity index (χ2n) is 8.03. The number of aryl methyl sites for hydroxylation is 1. The number of methoxy groups -OCH3 is 1. The highest BCUT2D eigenvalue weighted by Crippen LogP contribution is 2.15. The van der Waals surface area contributed by atoms with E-state index in [2.05, 4.69) is 25.0 Å². The predicted octanol–water partition coefficient (Wildman–Crippen LogP) is 1.08. The van der Waals surface area contributed by atoms with Gasteiger partial charge in [-0.3, -0.25) is 9.36 Å². The standard InChI is InChI=1S/C23H31N7O4S/c1-18-15-21(28-23(27-18)30-14-12-24-17-30)29(13-4-10-26-35(3,32)33)16-22(31)25-11-9-19-5-7-20(34-2)8-6-19/h5-8,12,14-15,17,26H,4,9-11,13,16H2,1-3H3,(H,25,31). The molecule has 2 N–H and O–H groups in total. The molecule has 0 saturated heterocycles. The van der Waals surface area contributed by atoms with Crippen LogP contribution in [0.3, 0.4) is 0 Å². The Labute approximate surface area is 205 Å². The zero-order chi connectivity index (χ0) is 25.3. The molecule has 12 heteroatoms. The van der Waals surface area contributed by atoms with Crippen LogP contribution >= 0.6 is 0 Å². The van der Waals surface area contributed by atoms with Crippen LogP contribution in [0.5, 0.6) is 5.75 Å². The molecule has 1 aromatic carbocycles. The fourth-order valence-corrected chi connectivity index (χ4v) is 3.88. The van der Waals surface area contributed by atoms with E-state index < -0.39 is 10.0 Å². The molecule has 0 atom stereocenters. The van der Waals surface area contributed by atoms with Gasteiger partial charge in [-0.25, -0.2) is 23.1 Å². The molecule has 11 nitrogen and oxygen atoms in total. The molecule has 2 heterocycles. The molecule has 188 valence electrons. The van der Waals surface area contributed by atoms with Crippen molar-refractivity contribution in [1.82, 2.24) is 29.6 Å². The molecule has 0 radical (unpaired) electrons. The Balaban J connectivity index is 1.66. The van der Waals surface area contributed by atoms with Gasteiger partial charge in [-0.05, 0) is 37.5 Å². The van der Waals surface area contributed by atoms with Crippen LogP contribution in [0.25, 0.3) is 5.95 Å². The van der Waals surface area contributed by atoms with Gasteiger partial charge in [0.05, 0.1) is 19.9 Å². The minimum Gasteiger partial charge on any atom is -0.497 e. The van der Waals surface area contributed by atoms with Gasteiger partial charge < -0.3 is 15.0 Å². The maximum Gasteiger partial charge on any atom is 0.239 e. The fourth-order valence-electron chi connectivity index (χ4n) is 3.36. The third kappa shape index (κ3) is 8.65. The molecule has 3 rings (SSSR count). The summed E-state index contributed by atoms with van der Waals surface area (Å²) in [5.74, 6) is 1.64. The van der Waals surface area contributed by atoms with E-state index in [9.17, 15) is 13.2 Å². The Morgan fingerprint density at radius 2 is 1.94 bits per heavy atom. The van der Waals surface area contributed by atoms with E-state index in [4.69, 9.17) is 4.74 Å². The summed E-state index contributed by atoms with van der Waals surface area (Å²) in [5, 5.41) is 2.95. The van der Waals surface area contributed by atoms with Gasteiger partial charge in [-0.1, -0.05) is 12.1 Å². The highest BCUT2D eigenvalue weighted by molar-refractivity contribution is 7.88. The van der Waals surface area contributed by atoms with Crippen LogP contribution < -0.4 is 19.7 Å². The summed E-state index contributed by atoms with van der Waals surface area (Å²) in [6.07, 6.45) is 7.28. The smallest absolute Gasteiger partial charge is 0.239 e. The van der Waals surface area contributed by atoms with Crippen molar-refractivity contribution in [1.29, 1.82) is 0 Å². The maximum atomic E-state index is 12.8. The van der Waals surface area contributed by atoms with Crippen molar-refractivity contribution in [3.63, 3.8) is 0 Å². The topological polar surface area (TPSA) is 131 Å². The third-order valence-electron chi connectivity index (χ3n) is 5.09.